The molecule has 2 aromatic rings. The van der Waals surface area contributed by atoms with Crippen LogP contribution in [0.1, 0.15) is 35.0 Å². The van der Waals surface area contributed by atoms with Gasteiger partial charge >= 0.3 is 6.09 Å². The quantitative estimate of drug-likeness (QED) is 0.789. The molecule has 1 spiro atoms. The van der Waals surface area contributed by atoms with Gasteiger partial charge in [0, 0.05) is 24.0 Å². The van der Waals surface area contributed by atoms with Crippen LogP contribution in [0.25, 0.3) is 0 Å². The molecule has 1 fully saturated rings. The van der Waals surface area contributed by atoms with Crippen molar-refractivity contribution >= 4 is 25.5 Å². The number of carboxylic acid groups (broad SMARTS) is 1. The molecule has 2 aliphatic rings. The Hall–Kier alpha value is -1.71. The zero-order valence-electron chi connectivity index (χ0n) is 16.0. The summed E-state index contributed by atoms with van der Waals surface area (Å²) in [5, 5.41) is 20.5. The highest BCUT2D eigenvalue weighted by Gasteiger charge is 2.48. The van der Waals surface area contributed by atoms with Gasteiger partial charge in [0.25, 0.3) is 0 Å². The van der Waals surface area contributed by atoms with Crippen molar-refractivity contribution in [3.63, 3.8) is 0 Å². The normalized spacial score (nSPS) is 25.6. The number of amides is 1. The number of aromatic nitrogens is 3. The van der Waals surface area contributed by atoms with Gasteiger partial charge in [0.1, 0.15) is 11.3 Å². The highest BCUT2D eigenvalue weighted by Crippen LogP contribution is 2.49. The molecule has 27 heavy (non-hydrogen) atoms. The number of carbonyl (C=O) groups is 1. The van der Waals surface area contributed by atoms with E-state index in [9.17, 15) is 9.90 Å². The number of hydrogen-bond acceptors (Lipinski definition) is 5. The van der Waals surface area contributed by atoms with Gasteiger partial charge in [-0.05, 0) is 29.9 Å². The predicted octanol–water partition coefficient (Wildman–Crippen LogP) is 3.50. The Morgan fingerprint density at radius 2 is 2.30 bits per heavy atom. The lowest BCUT2D eigenvalue weighted by atomic mass is 9.81. The van der Waals surface area contributed by atoms with Crippen molar-refractivity contribution in [3.05, 3.63) is 33.8 Å². The lowest BCUT2D eigenvalue weighted by Crippen LogP contribution is -2.49. The SMILES string of the molecule is C[Si](C)(C)Cn1cc([C@@H]2CC3(CCN2C(=O)O)OCCc2ccsc23)nn1. The summed E-state index contributed by atoms with van der Waals surface area (Å²) in [6.45, 7) is 7.97. The lowest BCUT2D eigenvalue weighted by molar-refractivity contribution is -0.107. The molecule has 0 saturated carbocycles. The highest BCUT2D eigenvalue weighted by atomic mass is 32.1. The molecular formula is C18H26N4O3SSi. The monoisotopic (exact) mass is 406 g/mol. The van der Waals surface area contributed by atoms with Crippen LogP contribution in [0.15, 0.2) is 17.6 Å². The van der Waals surface area contributed by atoms with E-state index in [4.69, 9.17) is 4.74 Å². The van der Waals surface area contributed by atoms with Crippen molar-refractivity contribution in [2.75, 3.05) is 13.2 Å². The van der Waals surface area contributed by atoms with Crippen molar-refractivity contribution in [3.8, 4) is 0 Å². The Labute approximate surface area is 164 Å². The minimum atomic E-state index is -1.34. The number of rotatable bonds is 3. The van der Waals surface area contributed by atoms with E-state index >= 15 is 0 Å². The topological polar surface area (TPSA) is 80.5 Å². The predicted molar refractivity (Wildman–Crippen MR) is 106 cm³/mol. The second kappa shape index (κ2) is 6.71. The molecule has 9 heteroatoms. The van der Waals surface area contributed by atoms with Crippen LogP contribution >= 0.6 is 11.3 Å². The molecule has 0 radical (unpaired) electrons. The Morgan fingerprint density at radius 1 is 1.48 bits per heavy atom. The van der Waals surface area contributed by atoms with Gasteiger partial charge in [-0.3, -0.25) is 9.58 Å². The molecule has 7 nitrogen and oxygen atoms in total. The third kappa shape index (κ3) is 3.55. The van der Waals surface area contributed by atoms with Gasteiger partial charge in [0.15, 0.2) is 0 Å². The van der Waals surface area contributed by atoms with Gasteiger partial charge in [0.2, 0.25) is 0 Å². The lowest BCUT2D eigenvalue weighted by Gasteiger charge is -2.46. The van der Waals surface area contributed by atoms with Gasteiger partial charge in [-0.2, -0.15) is 0 Å². The number of hydrogen-bond donors (Lipinski definition) is 1. The first-order chi connectivity index (χ1) is 12.8. The summed E-state index contributed by atoms with van der Waals surface area (Å²) in [5.74, 6) is 0. The Morgan fingerprint density at radius 3 is 3.04 bits per heavy atom. The maximum atomic E-state index is 11.9. The maximum Gasteiger partial charge on any atom is 0.407 e. The molecule has 2 atom stereocenters. The molecule has 2 aromatic heterocycles. The van der Waals surface area contributed by atoms with Crippen LogP contribution in [-0.2, 0) is 22.9 Å². The zero-order valence-corrected chi connectivity index (χ0v) is 17.8. The number of thiophene rings is 1. The van der Waals surface area contributed by atoms with Gasteiger partial charge in [0.05, 0.1) is 26.9 Å². The number of piperidine rings is 1. The average Bonchev–Trinajstić information content (AvgIpc) is 3.23. The van der Waals surface area contributed by atoms with Gasteiger partial charge in [-0.1, -0.05) is 24.9 Å². The highest BCUT2D eigenvalue weighted by molar-refractivity contribution is 7.10. The molecule has 0 bridgehead atoms. The van der Waals surface area contributed by atoms with Crippen LogP contribution in [0.2, 0.25) is 19.6 Å². The fraction of sp³-hybridized carbons (Fsp3) is 0.611. The molecular weight excluding hydrogens is 380 g/mol. The summed E-state index contributed by atoms with van der Waals surface area (Å²) in [4.78, 5) is 14.6. The summed E-state index contributed by atoms with van der Waals surface area (Å²) in [6.07, 6.45) is 4.11. The molecule has 1 N–H and O–H groups in total. The molecule has 146 valence electrons. The zero-order chi connectivity index (χ0) is 19.2. The second-order valence-electron chi connectivity index (χ2n) is 8.72. The summed E-state index contributed by atoms with van der Waals surface area (Å²) >= 11 is 1.72. The first-order valence-electron chi connectivity index (χ1n) is 9.38. The molecule has 0 aliphatic carbocycles. The van der Waals surface area contributed by atoms with Crippen LogP contribution in [0.4, 0.5) is 4.79 Å². The van der Waals surface area contributed by atoms with E-state index in [1.165, 1.54) is 15.3 Å². The Kier molecular flexibility index (Phi) is 4.64. The molecule has 4 heterocycles. The summed E-state index contributed by atoms with van der Waals surface area (Å²) in [5.41, 5.74) is 1.67. The summed E-state index contributed by atoms with van der Waals surface area (Å²) in [7, 11) is -1.34. The van der Waals surface area contributed by atoms with Crippen molar-refractivity contribution in [2.24, 2.45) is 0 Å². The third-order valence-corrected chi connectivity index (χ3v) is 7.76. The average molecular weight is 407 g/mol. The van der Waals surface area contributed by atoms with Crippen molar-refractivity contribution < 1.29 is 14.6 Å². The maximum absolute atomic E-state index is 11.9. The Balaban J connectivity index is 1.66. The molecule has 1 amide bonds. The molecule has 2 aliphatic heterocycles. The molecule has 1 saturated heterocycles. The Bertz CT molecular complexity index is 846. The van der Waals surface area contributed by atoms with E-state index in [-0.39, 0.29) is 6.04 Å². The molecule has 4 rings (SSSR count). The van der Waals surface area contributed by atoms with Crippen LogP contribution in [0, 0.1) is 0 Å². The van der Waals surface area contributed by atoms with Gasteiger partial charge < -0.3 is 9.84 Å². The third-order valence-electron chi connectivity index (χ3n) is 5.35. The number of likely N-dealkylation sites (tertiary alicyclic amines) is 1. The first kappa shape index (κ1) is 18.6. The largest absolute Gasteiger partial charge is 0.465 e. The van der Waals surface area contributed by atoms with Crippen LogP contribution < -0.4 is 0 Å². The molecule has 0 aromatic carbocycles. The number of ether oxygens (including phenoxy) is 1. The minimum absolute atomic E-state index is 0.334. The fourth-order valence-electron chi connectivity index (χ4n) is 4.20. The van der Waals surface area contributed by atoms with E-state index in [1.54, 1.807) is 11.3 Å². The van der Waals surface area contributed by atoms with Crippen molar-refractivity contribution in [1.82, 2.24) is 19.9 Å². The second-order valence-corrected chi connectivity index (χ2v) is 15.1. The van der Waals surface area contributed by atoms with Crippen LogP contribution in [0.3, 0.4) is 0 Å². The fourth-order valence-corrected chi connectivity index (χ4v) is 6.47. The standard InChI is InChI=1S/C18H26N4O3SSi/c1-27(2,3)12-21-11-14(19-20-21)15-10-18(6-7-22(15)17(23)24)16-13(4-8-25-18)5-9-26-16/h5,9,11,15H,4,6-8,10,12H2,1-3H3,(H,23,24)/t15-,18?/m0/s1. The van der Waals surface area contributed by atoms with Crippen molar-refractivity contribution in [1.29, 1.82) is 0 Å². The van der Waals surface area contributed by atoms with E-state index < -0.39 is 19.8 Å². The van der Waals surface area contributed by atoms with Gasteiger partial charge in [-0.25, -0.2) is 4.79 Å². The number of fused-ring (bicyclic) bond motifs is 2. The van der Waals surface area contributed by atoms with Crippen LogP contribution in [0.5, 0.6) is 0 Å². The number of nitrogens with zero attached hydrogens (tertiary/aromatic N) is 4. The molecule has 1 unspecified atom stereocenters. The van der Waals surface area contributed by atoms with E-state index in [0.29, 0.717) is 26.0 Å². The van der Waals surface area contributed by atoms with E-state index in [2.05, 4.69) is 41.4 Å². The summed E-state index contributed by atoms with van der Waals surface area (Å²) < 4.78 is 8.18. The van der Waals surface area contributed by atoms with E-state index in [1.807, 2.05) is 10.9 Å². The van der Waals surface area contributed by atoms with Crippen LogP contribution in [-0.4, -0.2) is 52.3 Å². The first-order valence-corrected chi connectivity index (χ1v) is 14.0. The summed E-state index contributed by atoms with van der Waals surface area (Å²) in [6, 6.07) is 1.84. The van der Waals surface area contributed by atoms with Crippen molar-refractivity contribution in [2.45, 2.75) is 56.7 Å². The van der Waals surface area contributed by atoms with Gasteiger partial charge in [-0.15, -0.1) is 16.4 Å². The smallest absolute Gasteiger partial charge is 0.407 e. The van der Waals surface area contributed by atoms with E-state index in [0.717, 1.165) is 18.3 Å². The minimum Gasteiger partial charge on any atom is -0.465 e.